The maximum Gasteiger partial charge on any atom is 0.264 e. The summed E-state index contributed by atoms with van der Waals surface area (Å²) in [7, 11) is 4.59. The van der Waals surface area contributed by atoms with Gasteiger partial charge in [-0.1, -0.05) is 23.7 Å². The van der Waals surface area contributed by atoms with Gasteiger partial charge in [0.15, 0.2) is 6.61 Å². The number of amides is 1. The summed E-state index contributed by atoms with van der Waals surface area (Å²) in [6, 6.07) is 12.0. The second-order valence-corrected chi connectivity index (χ2v) is 6.92. The van der Waals surface area contributed by atoms with Gasteiger partial charge >= 0.3 is 0 Å². The number of fused-ring (bicyclic) bond motifs is 1. The Morgan fingerprint density at radius 2 is 1.77 bits per heavy atom. The zero-order chi connectivity index (χ0) is 21.8. The molecule has 0 aliphatic carbocycles. The zero-order valence-electron chi connectivity index (χ0n) is 17.3. The SMILES string of the molecule is CCn1c(=O)cc(OCC(=O)N(C)c2cc(Cl)c(OC)cc2OC)c2ccccc21. The normalized spacial score (nSPS) is 10.7. The van der Waals surface area contributed by atoms with E-state index in [0.717, 1.165) is 10.9 Å². The topological polar surface area (TPSA) is 70.0 Å². The highest BCUT2D eigenvalue weighted by molar-refractivity contribution is 6.32. The Bertz CT molecular complexity index is 1140. The Balaban J connectivity index is 1.86. The Hall–Kier alpha value is -3.19. The van der Waals surface area contributed by atoms with Gasteiger partial charge in [-0.2, -0.15) is 0 Å². The van der Waals surface area contributed by atoms with Crippen LogP contribution in [0.1, 0.15) is 6.92 Å². The van der Waals surface area contributed by atoms with Crippen molar-refractivity contribution in [3.63, 3.8) is 0 Å². The lowest BCUT2D eigenvalue weighted by Crippen LogP contribution is -2.32. The molecule has 0 bridgehead atoms. The van der Waals surface area contributed by atoms with Crippen molar-refractivity contribution in [2.45, 2.75) is 13.5 Å². The van der Waals surface area contributed by atoms with Crippen molar-refractivity contribution in [1.29, 1.82) is 0 Å². The highest BCUT2D eigenvalue weighted by Crippen LogP contribution is 2.37. The molecule has 0 radical (unpaired) electrons. The van der Waals surface area contributed by atoms with E-state index in [4.69, 9.17) is 25.8 Å². The summed E-state index contributed by atoms with van der Waals surface area (Å²) in [4.78, 5) is 26.6. The van der Waals surface area contributed by atoms with E-state index in [2.05, 4.69) is 0 Å². The number of halogens is 1. The molecule has 8 heteroatoms. The van der Waals surface area contributed by atoms with Gasteiger partial charge in [-0.25, -0.2) is 0 Å². The van der Waals surface area contributed by atoms with Gasteiger partial charge in [-0.15, -0.1) is 0 Å². The largest absolute Gasteiger partial charge is 0.495 e. The van der Waals surface area contributed by atoms with Crippen molar-refractivity contribution < 1.29 is 19.0 Å². The van der Waals surface area contributed by atoms with Gasteiger partial charge in [-0.3, -0.25) is 9.59 Å². The number of aromatic nitrogens is 1. The minimum atomic E-state index is -0.335. The average molecular weight is 431 g/mol. The Kier molecular flexibility index (Phi) is 6.52. The number of rotatable bonds is 7. The van der Waals surface area contributed by atoms with Gasteiger partial charge in [0, 0.05) is 31.1 Å². The first-order valence-electron chi connectivity index (χ1n) is 9.34. The van der Waals surface area contributed by atoms with E-state index in [1.54, 1.807) is 23.7 Å². The van der Waals surface area contributed by atoms with Gasteiger partial charge < -0.3 is 23.7 Å². The standard InChI is InChI=1S/C22H23ClN2O5/c1-5-25-16-9-7-6-8-14(16)18(12-21(25)26)30-13-22(27)24(2)17-10-15(23)19(28-3)11-20(17)29-4/h6-12H,5,13H2,1-4H3. The lowest BCUT2D eigenvalue weighted by molar-refractivity contribution is -0.120. The van der Waals surface area contributed by atoms with Crippen LogP contribution in [0, 0.1) is 0 Å². The molecule has 0 aliphatic heterocycles. The second-order valence-electron chi connectivity index (χ2n) is 6.51. The van der Waals surface area contributed by atoms with Crippen molar-refractivity contribution in [2.75, 3.05) is 32.8 Å². The first-order chi connectivity index (χ1) is 14.4. The number of methoxy groups -OCH3 is 2. The van der Waals surface area contributed by atoms with Gasteiger partial charge in [0.25, 0.3) is 11.5 Å². The molecular formula is C22H23ClN2O5. The van der Waals surface area contributed by atoms with Crippen LogP contribution in [0.4, 0.5) is 5.69 Å². The van der Waals surface area contributed by atoms with Crippen LogP contribution < -0.4 is 24.7 Å². The maximum absolute atomic E-state index is 12.8. The summed E-state index contributed by atoms with van der Waals surface area (Å²) in [5, 5.41) is 1.11. The van der Waals surface area contributed by atoms with Crippen molar-refractivity contribution >= 4 is 34.1 Å². The number of hydrogen-bond donors (Lipinski definition) is 0. The number of carbonyl (C=O) groups is 1. The number of anilines is 1. The molecule has 1 aromatic heterocycles. The van der Waals surface area contributed by atoms with Crippen molar-refractivity contribution in [1.82, 2.24) is 4.57 Å². The molecule has 0 N–H and O–H groups in total. The third-order valence-electron chi connectivity index (χ3n) is 4.84. The van der Waals surface area contributed by atoms with E-state index in [1.807, 2.05) is 31.2 Å². The quantitative estimate of drug-likeness (QED) is 0.571. The zero-order valence-corrected chi connectivity index (χ0v) is 18.0. The van der Waals surface area contributed by atoms with Gasteiger partial charge in [0.1, 0.15) is 17.2 Å². The molecule has 0 fully saturated rings. The Morgan fingerprint density at radius 1 is 1.07 bits per heavy atom. The molecule has 0 spiro atoms. The molecule has 2 aromatic carbocycles. The van der Waals surface area contributed by atoms with Crippen molar-refractivity contribution in [3.05, 3.63) is 57.8 Å². The Morgan fingerprint density at radius 3 is 2.43 bits per heavy atom. The van der Waals surface area contributed by atoms with Crippen LogP contribution in [-0.4, -0.2) is 38.3 Å². The summed E-state index contributed by atoms with van der Waals surface area (Å²) >= 11 is 6.20. The molecule has 0 saturated carbocycles. The summed E-state index contributed by atoms with van der Waals surface area (Å²) in [5.41, 5.74) is 1.05. The highest BCUT2D eigenvalue weighted by atomic mass is 35.5. The first-order valence-corrected chi connectivity index (χ1v) is 9.72. The minimum Gasteiger partial charge on any atom is -0.495 e. The van der Waals surface area contributed by atoms with Gasteiger partial charge in [0.2, 0.25) is 0 Å². The summed E-state index contributed by atoms with van der Waals surface area (Å²) in [5.74, 6) is 0.903. The lowest BCUT2D eigenvalue weighted by atomic mass is 10.2. The molecule has 158 valence electrons. The van der Waals surface area contributed by atoms with Gasteiger partial charge in [0.05, 0.1) is 30.4 Å². The predicted molar refractivity (Wildman–Crippen MR) is 117 cm³/mol. The van der Waals surface area contributed by atoms with E-state index in [-0.39, 0.29) is 18.1 Å². The van der Waals surface area contributed by atoms with E-state index < -0.39 is 0 Å². The number of aryl methyl sites for hydroxylation is 1. The van der Waals surface area contributed by atoms with Crippen LogP contribution in [0.25, 0.3) is 10.9 Å². The summed E-state index contributed by atoms with van der Waals surface area (Å²) in [6.07, 6.45) is 0. The molecule has 1 amide bonds. The molecule has 0 aliphatic rings. The van der Waals surface area contributed by atoms with E-state index in [9.17, 15) is 9.59 Å². The van der Waals surface area contributed by atoms with Crippen LogP contribution in [0.2, 0.25) is 5.02 Å². The molecule has 0 atom stereocenters. The fourth-order valence-corrected chi connectivity index (χ4v) is 3.46. The molecule has 0 saturated heterocycles. The number of para-hydroxylation sites is 1. The summed E-state index contributed by atoms with van der Waals surface area (Å²) < 4.78 is 17.9. The predicted octanol–water partition coefficient (Wildman–Crippen LogP) is 3.73. The number of nitrogens with zero attached hydrogens (tertiary/aromatic N) is 2. The third kappa shape index (κ3) is 4.07. The molecule has 3 aromatic rings. The molecule has 7 nitrogen and oxygen atoms in total. The second kappa shape index (κ2) is 9.09. The number of benzene rings is 2. The third-order valence-corrected chi connectivity index (χ3v) is 5.13. The maximum atomic E-state index is 12.8. The first kappa shape index (κ1) is 21.5. The Labute approximate surface area is 179 Å². The van der Waals surface area contributed by atoms with Crippen LogP contribution in [0.3, 0.4) is 0 Å². The van der Waals surface area contributed by atoms with Crippen LogP contribution in [0.5, 0.6) is 17.2 Å². The number of ether oxygens (including phenoxy) is 3. The molecular weight excluding hydrogens is 408 g/mol. The number of carbonyl (C=O) groups excluding carboxylic acids is 1. The number of likely N-dealkylation sites (N-methyl/N-ethyl adjacent to an activating group) is 1. The summed E-state index contributed by atoms with van der Waals surface area (Å²) in [6.45, 7) is 2.18. The van der Waals surface area contributed by atoms with Crippen LogP contribution in [-0.2, 0) is 11.3 Å². The van der Waals surface area contributed by atoms with E-state index >= 15 is 0 Å². The lowest BCUT2D eigenvalue weighted by Gasteiger charge is -2.21. The number of hydrogen-bond acceptors (Lipinski definition) is 5. The van der Waals surface area contributed by atoms with Gasteiger partial charge in [-0.05, 0) is 25.1 Å². The van der Waals surface area contributed by atoms with E-state index in [0.29, 0.717) is 34.5 Å². The molecule has 3 rings (SSSR count). The molecule has 1 heterocycles. The molecule has 0 unspecified atom stereocenters. The van der Waals surface area contributed by atoms with E-state index in [1.165, 1.54) is 25.2 Å². The fourth-order valence-electron chi connectivity index (χ4n) is 3.23. The number of pyridine rings is 1. The smallest absolute Gasteiger partial charge is 0.264 e. The van der Waals surface area contributed by atoms with Crippen molar-refractivity contribution in [3.8, 4) is 17.2 Å². The molecule has 30 heavy (non-hydrogen) atoms. The van der Waals surface area contributed by atoms with Crippen LogP contribution >= 0.6 is 11.6 Å². The fraction of sp³-hybridized carbons (Fsp3) is 0.273. The average Bonchev–Trinajstić information content (AvgIpc) is 2.76. The van der Waals surface area contributed by atoms with Crippen molar-refractivity contribution in [2.24, 2.45) is 0 Å². The highest BCUT2D eigenvalue weighted by Gasteiger charge is 2.19. The monoisotopic (exact) mass is 430 g/mol. The van der Waals surface area contributed by atoms with Crippen LogP contribution in [0.15, 0.2) is 47.3 Å². The minimum absolute atomic E-state index is 0.185.